The molecule has 2 unspecified atom stereocenters. The van der Waals surface area contributed by atoms with Crippen LogP contribution < -0.4 is 10.6 Å². The molecule has 1 saturated heterocycles. The summed E-state index contributed by atoms with van der Waals surface area (Å²) in [6.07, 6.45) is 3.07. The Morgan fingerprint density at radius 3 is 2.53 bits per heavy atom. The summed E-state index contributed by atoms with van der Waals surface area (Å²) in [5, 5.41) is 16.7. The van der Waals surface area contributed by atoms with Crippen LogP contribution in [-0.4, -0.2) is 29.6 Å². The molecule has 1 aliphatic heterocycles. The average molecular weight is 530 g/mol. The van der Waals surface area contributed by atoms with Crippen molar-refractivity contribution in [2.24, 2.45) is 5.92 Å². The molecule has 2 atom stereocenters. The molecule has 2 fully saturated rings. The summed E-state index contributed by atoms with van der Waals surface area (Å²) in [6.45, 7) is 0.466. The first-order chi connectivity index (χ1) is 14.3. The number of hydrogen-bond acceptors (Lipinski definition) is 4. The highest BCUT2D eigenvalue weighted by Gasteiger charge is 2.49. The lowest BCUT2D eigenvalue weighted by Gasteiger charge is -2.49. The third-order valence-electron chi connectivity index (χ3n) is 6.24. The van der Waals surface area contributed by atoms with Crippen LogP contribution in [0.5, 0.6) is 0 Å². The zero-order valence-corrected chi connectivity index (χ0v) is 18.3. The second-order valence-corrected chi connectivity index (χ2v) is 9.46. The van der Waals surface area contributed by atoms with Gasteiger partial charge in [0.1, 0.15) is 12.1 Å². The van der Waals surface area contributed by atoms with Gasteiger partial charge in [0.25, 0.3) is 0 Å². The summed E-state index contributed by atoms with van der Waals surface area (Å²) in [7, 11) is 0. The first-order valence-corrected chi connectivity index (χ1v) is 11.0. The molecule has 2 aromatic carbocycles. The molecule has 160 valence electrons. The fourth-order valence-corrected chi connectivity index (χ4v) is 5.02. The molecule has 30 heavy (non-hydrogen) atoms. The minimum absolute atomic E-state index is 0.0660. The molecule has 3 N–H and O–H groups in total. The first-order valence-electron chi connectivity index (χ1n) is 9.92. The summed E-state index contributed by atoms with van der Waals surface area (Å²) in [6, 6.07) is 6.97. The molecule has 0 bridgehead atoms. The van der Waals surface area contributed by atoms with Crippen LogP contribution in [0.15, 0.2) is 30.3 Å². The van der Waals surface area contributed by atoms with Gasteiger partial charge < -0.3 is 20.5 Å². The Labute approximate surface area is 186 Å². The van der Waals surface area contributed by atoms with Crippen LogP contribution in [0.4, 0.5) is 24.5 Å². The highest BCUT2D eigenvalue weighted by atomic mass is 127. The van der Waals surface area contributed by atoms with Crippen LogP contribution in [0, 0.1) is 26.9 Å². The number of rotatable bonds is 5. The Balaban J connectivity index is 1.54. The molecule has 1 heterocycles. The molecule has 4 rings (SSSR count). The third kappa shape index (κ3) is 4.09. The minimum atomic E-state index is -1.04. The smallest absolute Gasteiger partial charge is 0.182 e. The Hall–Kier alpha value is -1.65. The highest BCUT2D eigenvalue weighted by molar-refractivity contribution is 14.1. The largest absolute Gasteiger partial charge is 0.388 e. The van der Waals surface area contributed by atoms with Crippen LogP contribution in [0.2, 0.25) is 0 Å². The second kappa shape index (κ2) is 8.47. The van der Waals surface area contributed by atoms with E-state index in [1.807, 2.05) is 22.6 Å². The number of halogens is 4. The van der Waals surface area contributed by atoms with E-state index >= 15 is 0 Å². The van der Waals surface area contributed by atoms with Gasteiger partial charge in [0.2, 0.25) is 0 Å². The molecule has 4 nitrogen and oxygen atoms in total. The zero-order chi connectivity index (χ0) is 21.5. The van der Waals surface area contributed by atoms with Gasteiger partial charge in [-0.05, 0) is 84.0 Å². The van der Waals surface area contributed by atoms with Gasteiger partial charge in [0.05, 0.1) is 17.0 Å². The molecule has 0 radical (unpaired) electrons. The van der Waals surface area contributed by atoms with Crippen LogP contribution >= 0.6 is 22.6 Å². The zero-order valence-electron chi connectivity index (χ0n) is 16.1. The van der Waals surface area contributed by atoms with Gasteiger partial charge >= 0.3 is 0 Å². The Morgan fingerprint density at radius 2 is 1.90 bits per heavy atom. The number of nitrogens with one attached hydrogen (secondary N) is 2. The van der Waals surface area contributed by atoms with Gasteiger partial charge in [0, 0.05) is 22.1 Å². The second-order valence-electron chi connectivity index (χ2n) is 8.22. The van der Waals surface area contributed by atoms with E-state index in [9.17, 15) is 23.1 Å². The Bertz CT molecular complexity index is 958. The van der Waals surface area contributed by atoms with Crippen molar-refractivity contribution in [3.63, 3.8) is 0 Å². The van der Waals surface area contributed by atoms with E-state index in [1.54, 1.807) is 6.07 Å². The molecular formula is C22H22F3IN2O2. The number of hydrogen-bond donors (Lipinski definition) is 3. The van der Waals surface area contributed by atoms with Crippen molar-refractivity contribution < 1.29 is 23.1 Å². The Kier molecular flexibility index (Phi) is 6.09. The Morgan fingerprint density at radius 1 is 1.13 bits per heavy atom. The maximum Gasteiger partial charge on any atom is 0.182 e. The summed E-state index contributed by atoms with van der Waals surface area (Å²) < 4.78 is 43.6. The van der Waals surface area contributed by atoms with Crippen molar-refractivity contribution in [2.75, 3.05) is 11.9 Å². The number of aldehydes is 1. The lowest BCUT2D eigenvalue weighted by Crippen LogP contribution is -2.60. The maximum absolute atomic E-state index is 14.7. The van der Waals surface area contributed by atoms with Gasteiger partial charge in [-0.1, -0.05) is 6.07 Å². The van der Waals surface area contributed by atoms with E-state index in [2.05, 4.69) is 10.6 Å². The SMILES string of the molecule is O=CC1CC(O)(C2CCC(c3ccc(F)c(F)c3Nc3ccc(I)cc3F)CN2)C1. The lowest BCUT2D eigenvalue weighted by atomic mass is 9.65. The monoisotopic (exact) mass is 530 g/mol. The quantitative estimate of drug-likeness (QED) is 0.390. The number of piperidine rings is 1. The summed E-state index contributed by atoms with van der Waals surface area (Å²) >= 11 is 1.98. The van der Waals surface area contributed by atoms with Crippen LogP contribution in [0.3, 0.4) is 0 Å². The van der Waals surface area contributed by atoms with E-state index in [4.69, 9.17) is 0 Å². The first kappa shape index (κ1) is 21.6. The van der Waals surface area contributed by atoms with E-state index in [1.165, 1.54) is 18.2 Å². The van der Waals surface area contributed by atoms with Crippen molar-refractivity contribution in [3.05, 3.63) is 56.9 Å². The van der Waals surface area contributed by atoms with Gasteiger partial charge in [-0.15, -0.1) is 0 Å². The van der Waals surface area contributed by atoms with E-state index in [0.29, 0.717) is 41.4 Å². The standard InChI is InChI=1S/C22H22F3IN2O2/c23-16-4-3-15(21(20(16)25)28-18-5-2-14(26)7-17(18)24)13-1-6-19(27-10-13)22(30)8-12(9-22)11-29/h2-5,7,11-13,19,27-28,30H,1,6,8-10H2. The van der Waals surface area contributed by atoms with Gasteiger partial charge in [0.15, 0.2) is 11.6 Å². The fraction of sp³-hybridized carbons (Fsp3) is 0.409. The number of aliphatic hydroxyl groups is 1. The van der Waals surface area contributed by atoms with Crippen molar-refractivity contribution >= 4 is 40.3 Å². The molecular weight excluding hydrogens is 508 g/mol. The summed E-state index contributed by atoms with van der Waals surface area (Å²) in [5.74, 6) is -2.82. The van der Waals surface area contributed by atoms with Crippen LogP contribution in [0.25, 0.3) is 0 Å². The number of anilines is 2. The third-order valence-corrected chi connectivity index (χ3v) is 6.92. The molecule has 1 aliphatic carbocycles. The topological polar surface area (TPSA) is 61.4 Å². The van der Waals surface area contributed by atoms with Gasteiger partial charge in [-0.3, -0.25) is 0 Å². The molecule has 0 amide bonds. The number of carbonyl (C=O) groups excluding carboxylic acids is 1. The predicted octanol–water partition coefficient (Wildman–Crippen LogP) is 4.63. The van der Waals surface area contributed by atoms with Crippen LogP contribution in [0.1, 0.15) is 37.2 Å². The average Bonchev–Trinajstić information content (AvgIpc) is 2.71. The molecule has 8 heteroatoms. The highest BCUT2D eigenvalue weighted by Crippen LogP contribution is 2.43. The fourth-order valence-electron chi connectivity index (χ4n) is 4.57. The molecule has 2 aromatic rings. The normalized spacial score (nSPS) is 28.6. The van der Waals surface area contributed by atoms with Crippen molar-refractivity contribution in [3.8, 4) is 0 Å². The lowest BCUT2D eigenvalue weighted by molar-refractivity contribution is -0.134. The van der Waals surface area contributed by atoms with E-state index in [-0.39, 0.29) is 29.3 Å². The van der Waals surface area contributed by atoms with Crippen molar-refractivity contribution in [2.45, 2.75) is 43.2 Å². The predicted molar refractivity (Wildman–Crippen MR) is 116 cm³/mol. The van der Waals surface area contributed by atoms with E-state index < -0.39 is 23.1 Å². The van der Waals surface area contributed by atoms with Crippen molar-refractivity contribution in [1.82, 2.24) is 5.32 Å². The molecule has 1 saturated carbocycles. The molecule has 0 spiro atoms. The summed E-state index contributed by atoms with van der Waals surface area (Å²) in [4.78, 5) is 10.9. The van der Waals surface area contributed by atoms with E-state index in [0.717, 1.165) is 12.4 Å². The van der Waals surface area contributed by atoms with Gasteiger partial charge in [-0.25, -0.2) is 13.2 Å². The minimum Gasteiger partial charge on any atom is -0.388 e. The van der Waals surface area contributed by atoms with Crippen LogP contribution in [-0.2, 0) is 4.79 Å². The summed E-state index contributed by atoms with van der Waals surface area (Å²) in [5.41, 5.74) is -0.324. The molecule has 0 aromatic heterocycles. The van der Waals surface area contributed by atoms with Gasteiger partial charge in [-0.2, -0.15) is 0 Å². The number of carbonyl (C=O) groups is 1. The maximum atomic E-state index is 14.7. The number of benzene rings is 2. The molecule has 2 aliphatic rings. The van der Waals surface area contributed by atoms with Crippen molar-refractivity contribution in [1.29, 1.82) is 0 Å².